The maximum Gasteiger partial charge on any atom is 0.326 e. The van der Waals surface area contributed by atoms with Gasteiger partial charge in [0.2, 0.25) is 35.4 Å². The number of carboxylic acids is 1. The topological polar surface area (TPSA) is 326 Å². The Kier molecular flexibility index (Phi) is 21.5. The molecule has 0 bridgehead atoms. The van der Waals surface area contributed by atoms with E-state index in [1.807, 2.05) is 13.8 Å². The third-order valence-electron chi connectivity index (χ3n) is 9.97. The van der Waals surface area contributed by atoms with Crippen LogP contribution in [0.4, 0.5) is 0 Å². The van der Waals surface area contributed by atoms with Gasteiger partial charge in [-0.25, -0.2) is 4.79 Å². The van der Waals surface area contributed by atoms with Crippen molar-refractivity contribution in [1.82, 2.24) is 37.2 Å². The summed E-state index contributed by atoms with van der Waals surface area (Å²) in [6.45, 7) is 4.02. The van der Waals surface area contributed by atoms with Gasteiger partial charge in [0.15, 0.2) is 5.96 Å². The lowest BCUT2D eigenvalue weighted by Gasteiger charge is -2.26. The van der Waals surface area contributed by atoms with Crippen LogP contribution in [0.1, 0.15) is 63.5 Å². The Morgan fingerprint density at radius 1 is 0.778 bits per heavy atom. The highest BCUT2D eigenvalue weighted by Gasteiger charge is 2.33. The molecule has 0 aliphatic carbocycles. The van der Waals surface area contributed by atoms with Crippen LogP contribution in [-0.2, 0) is 57.2 Å². The van der Waals surface area contributed by atoms with E-state index in [0.29, 0.717) is 30.5 Å². The molecule has 0 aromatic heterocycles. The fraction of sp³-hybridized carbons (Fsp3) is 0.524. The number of aliphatic imine (C=N–C) groups is 1. The number of nitrogens with zero attached hydrogens (tertiary/aromatic N) is 1. The second-order valence-corrected chi connectivity index (χ2v) is 17.3. The molecule has 1 saturated heterocycles. The number of rotatable bonds is 26. The van der Waals surface area contributed by atoms with Crippen molar-refractivity contribution in [2.45, 2.75) is 101 Å². The smallest absolute Gasteiger partial charge is 0.326 e. The molecule has 1 aliphatic rings. The predicted molar refractivity (Wildman–Crippen MR) is 236 cm³/mol. The third kappa shape index (κ3) is 19.2. The van der Waals surface area contributed by atoms with E-state index in [1.54, 1.807) is 30.3 Å². The molecule has 63 heavy (non-hydrogen) atoms. The van der Waals surface area contributed by atoms with Crippen molar-refractivity contribution in [3.8, 4) is 5.75 Å². The Morgan fingerprint density at radius 2 is 1.37 bits per heavy atom. The minimum absolute atomic E-state index is 0.0256. The summed E-state index contributed by atoms with van der Waals surface area (Å²) in [5, 5.41) is 38.5. The van der Waals surface area contributed by atoms with Crippen LogP contribution in [0.5, 0.6) is 5.75 Å². The van der Waals surface area contributed by atoms with Crippen LogP contribution in [0.25, 0.3) is 0 Å². The molecule has 0 spiro atoms. The molecule has 0 saturated carbocycles. The van der Waals surface area contributed by atoms with Gasteiger partial charge >= 0.3 is 5.97 Å². The number of carboxylic acid groups (broad SMARTS) is 1. The number of amides is 6. The molecule has 13 N–H and O–H groups in total. The summed E-state index contributed by atoms with van der Waals surface area (Å²) < 4.78 is 12.3. The van der Waals surface area contributed by atoms with Gasteiger partial charge in [-0.15, -0.1) is 0 Å². The first-order valence-electron chi connectivity index (χ1n) is 20.8. The van der Waals surface area contributed by atoms with E-state index < -0.39 is 89.1 Å². The third-order valence-corrected chi connectivity index (χ3v) is 10.8. The van der Waals surface area contributed by atoms with Gasteiger partial charge in [0, 0.05) is 42.2 Å². The Hall–Kier alpha value is -6.09. The van der Waals surface area contributed by atoms with Crippen LogP contribution in [-0.4, -0.2) is 130 Å². The van der Waals surface area contributed by atoms with Crippen molar-refractivity contribution in [2.75, 3.05) is 31.6 Å². The summed E-state index contributed by atoms with van der Waals surface area (Å²) in [7, 11) is -1.43. The molecule has 1 aliphatic heterocycles. The lowest BCUT2D eigenvalue weighted by Crippen LogP contribution is -2.59. The van der Waals surface area contributed by atoms with E-state index in [9.17, 15) is 48.0 Å². The predicted octanol–water partition coefficient (Wildman–Crippen LogP) is -1.58. The zero-order valence-electron chi connectivity index (χ0n) is 35.9. The Morgan fingerprint density at radius 3 is 1.94 bits per heavy atom. The van der Waals surface area contributed by atoms with Gasteiger partial charge in [-0.2, -0.15) is 0 Å². The first kappa shape index (κ1) is 51.3. The molecule has 2 aromatic carbocycles. The van der Waals surface area contributed by atoms with E-state index in [4.69, 9.17) is 11.5 Å². The molecule has 1 heterocycles. The van der Waals surface area contributed by atoms with Gasteiger partial charge in [0.05, 0.1) is 12.6 Å². The highest BCUT2D eigenvalue weighted by molar-refractivity contribution is 7.84. The number of nitrogens with one attached hydrogen (secondary N) is 7. The number of benzene rings is 2. The van der Waals surface area contributed by atoms with Crippen molar-refractivity contribution >= 4 is 58.2 Å². The number of nitrogens with two attached hydrogens (primary N) is 2. The zero-order chi connectivity index (χ0) is 46.5. The average Bonchev–Trinajstić information content (AvgIpc) is 3.78. The summed E-state index contributed by atoms with van der Waals surface area (Å²) in [4.78, 5) is 97.3. The normalized spacial score (nSPS) is 16.2. The monoisotopic (exact) mass is 898 g/mol. The number of phenolic OH excluding ortho intramolecular Hbond substituents is 1. The number of aliphatic carboxylic acids is 1. The first-order valence-corrected chi connectivity index (χ1v) is 22.6. The lowest BCUT2D eigenvalue weighted by molar-refractivity contribution is -0.142. The van der Waals surface area contributed by atoms with Crippen LogP contribution >= 0.6 is 0 Å². The van der Waals surface area contributed by atoms with Crippen molar-refractivity contribution < 1.29 is 48.0 Å². The molecule has 6 amide bonds. The molecule has 20 nitrogen and oxygen atoms in total. The molecule has 2 aromatic rings. The van der Waals surface area contributed by atoms with Crippen LogP contribution in [0.3, 0.4) is 0 Å². The maximum atomic E-state index is 14.1. The van der Waals surface area contributed by atoms with Crippen molar-refractivity contribution in [3.63, 3.8) is 0 Å². The van der Waals surface area contributed by atoms with Crippen molar-refractivity contribution in [2.24, 2.45) is 22.4 Å². The molecule has 3 rings (SSSR count). The first-order chi connectivity index (χ1) is 29.9. The summed E-state index contributed by atoms with van der Waals surface area (Å²) in [6.07, 6.45) is 3.01. The highest BCUT2D eigenvalue weighted by atomic mass is 32.2. The van der Waals surface area contributed by atoms with Gasteiger partial charge in [-0.3, -0.25) is 38.0 Å². The number of carbonyl (C=O) groups is 7. The fourth-order valence-electron chi connectivity index (χ4n) is 6.69. The number of carbonyl (C=O) groups excluding carboxylic acids is 6. The van der Waals surface area contributed by atoms with Crippen molar-refractivity contribution in [1.29, 1.82) is 0 Å². The van der Waals surface area contributed by atoms with E-state index in [0.717, 1.165) is 6.42 Å². The van der Waals surface area contributed by atoms with E-state index >= 15 is 0 Å². The van der Waals surface area contributed by atoms with E-state index in [1.165, 1.54) is 30.5 Å². The Balaban J connectivity index is 1.82. The van der Waals surface area contributed by atoms with Crippen LogP contribution in [0, 0.1) is 5.92 Å². The fourth-order valence-corrected chi connectivity index (χ4v) is 7.25. The second-order valence-electron chi connectivity index (χ2n) is 15.8. The highest BCUT2D eigenvalue weighted by Crippen LogP contribution is 2.13. The average molecular weight is 899 g/mol. The van der Waals surface area contributed by atoms with Crippen LogP contribution < -0.4 is 48.7 Å². The number of guanidine groups is 1. The Labute approximate surface area is 369 Å². The van der Waals surface area contributed by atoms with Gasteiger partial charge < -0.3 is 58.9 Å². The minimum atomic E-state index is -1.43. The molecule has 7 atom stereocenters. The molecular formula is C42H62N10O10S. The zero-order valence-corrected chi connectivity index (χ0v) is 36.7. The molecule has 1 fully saturated rings. The largest absolute Gasteiger partial charge is 0.508 e. The number of hydrogen-bond acceptors (Lipinski definition) is 11. The van der Waals surface area contributed by atoms with E-state index in [-0.39, 0.29) is 67.9 Å². The van der Waals surface area contributed by atoms with Crippen LogP contribution in [0.15, 0.2) is 59.6 Å². The maximum absolute atomic E-state index is 14.1. The summed E-state index contributed by atoms with van der Waals surface area (Å²) in [5.41, 5.74) is 11.8. The summed E-state index contributed by atoms with van der Waals surface area (Å²) >= 11 is 0. The summed E-state index contributed by atoms with van der Waals surface area (Å²) in [6, 6.07) is 7.69. The Bertz CT molecular complexity index is 1910. The van der Waals surface area contributed by atoms with E-state index in [2.05, 4.69) is 42.2 Å². The number of phenols is 1. The molecule has 346 valence electrons. The standard InChI is InChI=1S/C42H62N10O10S/c1-25(2)21-32(51-37(56)29-11-7-18-45-29)36(55)47-24-35(54)48-33(23-27-13-15-28(53)16-14-27)39(58)49-30(17-20-63(3)62)38(57)52-34(22-26-9-5-4-6-10-26)40(59)50-31(41(60)61)12-8-19-46-42(43)44/h4-6,9-10,13-16,25,29-34,45,53H,7-8,11-12,17-24H2,1-3H3,(H,47,55)(H,48,54)(H,49,58)(H,50,59)(H,51,56)(H,52,57)(H,60,61)(H4,43,44,46). The lowest BCUT2D eigenvalue weighted by atomic mass is 10.0. The van der Waals surface area contributed by atoms with Gasteiger partial charge in [0.25, 0.3) is 0 Å². The number of aromatic hydroxyl groups is 1. The molecule has 0 radical (unpaired) electrons. The minimum Gasteiger partial charge on any atom is -0.508 e. The quantitative estimate of drug-likeness (QED) is 0.0289. The van der Waals surface area contributed by atoms with Gasteiger partial charge in [-0.1, -0.05) is 56.3 Å². The summed E-state index contributed by atoms with van der Waals surface area (Å²) in [5.74, 6) is -5.75. The SMILES string of the molecule is CC(C)CC(NC(=O)C1CCCN1)C(=O)NCC(=O)NC(Cc1ccc(O)cc1)C(=O)NC(CCS(C)=O)C(=O)NC(Cc1ccccc1)C(=O)NC(CCCN=C(N)N)C(=O)O. The molecule has 7 unspecified atom stereocenters. The van der Waals surface area contributed by atoms with Gasteiger partial charge in [0.1, 0.15) is 36.0 Å². The van der Waals surface area contributed by atoms with Gasteiger partial charge in [-0.05, 0) is 74.2 Å². The second kappa shape index (κ2) is 26.4. The molecular weight excluding hydrogens is 837 g/mol. The molecule has 21 heteroatoms. The number of hydrogen-bond donors (Lipinski definition) is 11. The van der Waals surface area contributed by atoms with Crippen LogP contribution in [0.2, 0.25) is 0 Å². The van der Waals surface area contributed by atoms with Crippen molar-refractivity contribution in [3.05, 3.63) is 65.7 Å².